The molecule has 0 aromatic carbocycles. The molecule has 0 radical (unpaired) electrons. The number of hydrogen-bond donors (Lipinski definition) is 2. The Bertz CT molecular complexity index is 352. The van der Waals surface area contributed by atoms with Crippen molar-refractivity contribution in [1.82, 2.24) is 10.0 Å². The molecule has 108 valence electrons. The summed E-state index contributed by atoms with van der Waals surface area (Å²) in [4.78, 5) is 0. The molecule has 5 heteroatoms. The molecule has 0 amide bonds. The molecular weight excluding hydrogens is 248 g/mol. The van der Waals surface area contributed by atoms with E-state index < -0.39 is 15.6 Å². The molecule has 4 nitrogen and oxygen atoms in total. The van der Waals surface area contributed by atoms with E-state index in [0.717, 1.165) is 18.4 Å². The molecule has 0 aromatic rings. The van der Waals surface area contributed by atoms with Crippen LogP contribution < -0.4 is 10.0 Å². The van der Waals surface area contributed by atoms with Gasteiger partial charge in [0.15, 0.2) is 0 Å². The van der Waals surface area contributed by atoms with Crippen molar-refractivity contribution in [2.24, 2.45) is 11.8 Å². The van der Waals surface area contributed by atoms with Crippen molar-refractivity contribution in [2.75, 3.05) is 19.3 Å². The molecule has 0 heterocycles. The van der Waals surface area contributed by atoms with Crippen molar-refractivity contribution in [2.45, 2.75) is 52.0 Å². The lowest BCUT2D eigenvalue weighted by Gasteiger charge is -2.30. The first kappa shape index (κ1) is 15.9. The van der Waals surface area contributed by atoms with Gasteiger partial charge >= 0.3 is 0 Å². The highest BCUT2D eigenvalue weighted by Gasteiger charge is 2.23. The lowest BCUT2D eigenvalue weighted by molar-refractivity contribution is 0.268. The molecule has 0 aliphatic heterocycles. The minimum atomic E-state index is -3.14. The molecule has 18 heavy (non-hydrogen) atoms. The summed E-state index contributed by atoms with van der Waals surface area (Å²) >= 11 is 0. The highest BCUT2D eigenvalue weighted by atomic mass is 32.2. The van der Waals surface area contributed by atoms with Gasteiger partial charge in [0.2, 0.25) is 10.0 Å². The van der Waals surface area contributed by atoms with Crippen LogP contribution in [-0.2, 0) is 10.0 Å². The van der Waals surface area contributed by atoms with Crippen LogP contribution in [0.4, 0.5) is 0 Å². The summed E-state index contributed by atoms with van der Waals surface area (Å²) in [5.41, 5.74) is -0.423. The highest BCUT2D eigenvalue weighted by molar-refractivity contribution is 7.88. The highest BCUT2D eigenvalue weighted by Crippen LogP contribution is 2.27. The molecule has 2 unspecified atom stereocenters. The molecule has 1 saturated carbocycles. The van der Waals surface area contributed by atoms with Crippen LogP contribution in [0.25, 0.3) is 0 Å². The second-order valence-electron chi connectivity index (χ2n) is 6.53. The third-order valence-electron chi connectivity index (χ3n) is 3.51. The Labute approximate surface area is 112 Å². The Morgan fingerprint density at radius 1 is 1.28 bits per heavy atom. The number of sulfonamides is 1. The number of rotatable bonds is 6. The third kappa shape index (κ3) is 6.71. The summed E-state index contributed by atoms with van der Waals surface area (Å²) in [6, 6.07) is 0. The van der Waals surface area contributed by atoms with Crippen LogP contribution in [0.5, 0.6) is 0 Å². The molecule has 1 fully saturated rings. The number of nitrogens with one attached hydrogen (secondary N) is 2. The zero-order valence-corrected chi connectivity index (χ0v) is 12.9. The topological polar surface area (TPSA) is 58.2 Å². The fourth-order valence-electron chi connectivity index (χ4n) is 2.87. The van der Waals surface area contributed by atoms with Gasteiger partial charge in [-0.05, 0) is 45.1 Å². The molecule has 1 aliphatic rings. The van der Waals surface area contributed by atoms with Crippen LogP contribution in [0, 0.1) is 11.8 Å². The molecule has 2 atom stereocenters. The van der Waals surface area contributed by atoms with Crippen molar-refractivity contribution in [3.05, 3.63) is 0 Å². The van der Waals surface area contributed by atoms with Crippen molar-refractivity contribution in [3.63, 3.8) is 0 Å². The third-order valence-corrected chi connectivity index (χ3v) is 4.43. The van der Waals surface area contributed by atoms with Crippen LogP contribution in [0.1, 0.15) is 46.5 Å². The zero-order valence-electron chi connectivity index (χ0n) is 12.1. The van der Waals surface area contributed by atoms with E-state index in [-0.39, 0.29) is 0 Å². The minimum absolute atomic E-state index is 0.423. The Morgan fingerprint density at radius 2 is 1.94 bits per heavy atom. The molecule has 1 rings (SSSR count). The van der Waals surface area contributed by atoms with E-state index in [1.807, 2.05) is 13.8 Å². The van der Waals surface area contributed by atoms with Gasteiger partial charge in [0, 0.05) is 12.1 Å². The first-order chi connectivity index (χ1) is 8.18. The van der Waals surface area contributed by atoms with Gasteiger partial charge in [-0.15, -0.1) is 0 Å². The van der Waals surface area contributed by atoms with Crippen molar-refractivity contribution >= 4 is 10.0 Å². The van der Waals surface area contributed by atoms with Gasteiger partial charge in [0.05, 0.1) is 6.26 Å². The second kappa shape index (κ2) is 6.35. The standard InChI is InChI=1S/C13H28N2O2S/c1-11-6-5-7-12(8-11)9-14-10-13(2,3)15-18(4,16)17/h11-12,14-15H,5-10H2,1-4H3. The SMILES string of the molecule is CC1CCCC(CNCC(C)(C)NS(C)(=O)=O)C1. The van der Waals surface area contributed by atoms with Crippen LogP contribution in [0.3, 0.4) is 0 Å². The van der Waals surface area contributed by atoms with E-state index in [9.17, 15) is 8.42 Å². The largest absolute Gasteiger partial charge is 0.315 e. The Balaban J connectivity index is 2.28. The Hall–Kier alpha value is -0.130. The van der Waals surface area contributed by atoms with Crippen LogP contribution in [0.15, 0.2) is 0 Å². The van der Waals surface area contributed by atoms with Crippen molar-refractivity contribution in [3.8, 4) is 0 Å². The smallest absolute Gasteiger partial charge is 0.209 e. The van der Waals surface area contributed by atoms with Crippen molar-refractivity contribution in [1.29, 1.82) is 0 Å². The summed E-state index contributed by atoms with van der Waals surface area (Å²) in [5.74, 6) is 1.59. The first-order valence-electron chi connectivity index (χ1n) is 6.87. The molecule has 0 spiro atoms. The molecule has 0 bridgehead atoms. The van der Waals surface area contributed by atoms with E-state index in [2.05, 4.69) is 17.0 Å². The maximum Gasteiger partial charge on any atom is 0.209 e. The van der Waals surface area contributed by atoms with Crippen molar-refractivity contribution < 1.29 is 8.42 Å². The summed E-state index contributed by atoms with van der Waals surface area (Å²) in [6.07, 6.45) is 6.50. The van der Waals surface area contributed by atoms with Crippen LogP contribution in [0.2, 0.25) is 0 Å². The summed E-state index contributed by atoms with van der Waals surface area (Å²) in [7, 11) is -3.14. The van der Waals surface area contributed by atoms with E-state index in [4.69, 9.17) is 0 Å². The maximum absolute atomic E-state index is 11.2. The first-order valence-corrected chi connectivity index (χ1v) is 8.77. The predicted molar refractivity (Wildman–Crippen MR) is 76.1 cm³/mol. The molecular formula is C13H28N2O2S. The van der Waals surface area contributed by atoms with E-state index >= 15 is 0 Å². The van der Waals surface area contributed by atoms with Gasteiger partial charge in [-0.3, -0.25) is 0 Å². The van der Waals surface area contributed by atoms with Gasteiger partial charge in [0.1, 0.15) is 0 Å². The second-order valence-corrected chi connectivity index (χ2v) is 8.28. The Kier molecular flexibility index (Phi) is 5.62. The van der Waals surface area contributed by atoms with Gasteiger partial charge < -0.3 is 5.32 Å². The van der Waals surface area contributed by atoms with Gasteiger partial charge in [-0.2, -0.15) is 0 Å². The van der Waals surface area contributed by atoms with Gasteiger partial charge in [-0.1, -0.05) is 19.8 Å². The van der Waals surface area contributed by atoms with Gasteiger partial charge in [-0.25, -0.2) is 13.1 Å². The minimum Gasteiger partial charge on any atom is -0.315 e. The maximum atomic E-state index is 11.2. The monoisotopic (exact) mass is 276 g/mol. The summed E-state index contributed by atoms with van der Waals surface area (Å²) in [5, 5.41) is 3.41. The fraction of sp³-hybridized carbons (Fsp3) is 1.00. The van der Waals surface area contributed by atoms with E-state index in [0.29, 0.717) is 6.54 Å². The molecule has 1 aliphatic carbocycles. The normalized spacial score (nSPS) is 26.2. The number of hydrogen-bond acceptors (Lipinski definition) is 3. The molecule has 0 saturated heterocycles. The quantitative estimate of drug-likeness (QED) is 0.777. The lowest BCUT2D eigenvalue weighted by atomic mass is 9.82. The zero-order chi connectivity index (χ0) is 13.8. The average Bonchev–Trinajstić information content (AvgIpc) is 2.13. The average molecular weight is 276 g/mol. The fourth-order valence-corrected chi connectivity index (χ4v) is 3.95. The molecule has 0 aromatic heterocycles. The van der Waals surface area contributed by atoms with Gasteiger partial charge in [0.25, 0.3) is 0 Å². The van der Waals surface area contributed by atoms with E-state index in [1.165, 1.54) is 31.9 Å². The summed E-state index contributed by atoms with van der Waals surface area (Å²) in [6.45, 7) is 7.81. The predicted octanol–water partition coefficient (Wildman–Crippen LogP) is 1.73. The van der Waals surface area contributed by atoms with E-state index in [1.54, 1.807) is 0 Å². The van der Waals surface area contributed by atoms with Crippen LogP contribution >= 0.6 is 0 Å². The van der Waals surface area contributed by atoms with Crippen LogP contribution in [-0.4, -0.2) is 33.3 Å². The lowest BCUT2D eigenvalue weighted by Crippen LogP contribution is -2.50. The molecule has 2 N–H and O–H groups in total. The Morgan fingerprint density at radius 3 is 2.50 bits per heavy atom. The summed E-state index contributed by atoms with van der Waals surface area (Å²) < 4.78 is 25.1.